The first-order valence-corrected chi connectivity index (χ1v) is 18.7. The zero-order valence-electron chi connectivity index (χ0n) is 30.4. The standard InChI is InChI=1S/C40H43N9O5/c1-24(2)44-36-30(21-43-39-37(36)53-33-11-8-26(19-41)18-34(33)54-39)38(51)45-27-9-6-25(7-10-27)23-47-14-16-48(17-15-47)31-5-3-4-28-29(31)20-42-22-32(28)49-13-12-35(50)46-40(49)52/h3-5,8,11,18,20-22,24-25,27H,6-7,9-10,12-17,23H2,1-2H3,(H,43,44)(H,45,51)(H,46,50,52)/t25-,27-. The molecule has 4 amide bonds. The Balaban J connectivity index is 0.857. The number of fused-ring (bicyclic) bond motifs is 3. The largest absolute Gasteiger partial charge is 0.445 e. The van der Waals surface area contributed by atoms with Gasteiger partial charge in [-0.1, -0.05) is 12.1 Å². The molecule has 4 aliphatic rings. The molecule has 0 radical (unpaired) electrons. The first-order chi connectivity index (χ1) is 26.2. The molecule has 3 aliphatic heterocycles. The molecule has 8 rings (SSSR count). The number of hydrogen-bond acceptors (Lipinski definition) is 11. The smallest absolute Gasteiger partial charge is 0.328 e. The molecule has 2 aromatic carbocycles. The van der Waals surface area contributed by atoms with Crippen LogP contribution in [-0.2, 0) is 4.79 Å². The Labute approximate surface area is 313 Å². The van der Waals surface area contributed by atoms with E-state index in [2.05, 4.69) is 47.9 Å². The maximum atomic E-state index is 13.7. The van der Waals surface area contributed by atoms with Crippen LogP contribution < -0.4 is 35.2 Å². The van der Waals surface area contributed by atoms with E-state index < -0.39 is 6.03 Å². The Morgan fingerprint density at radius 3 is 2.54 bits per heavy atom. The molecule has 4 aromatic rings. The molecule has 3 N–H and O–H groups in total. The highest BCUT2D eigenvalue weighted by Gasteiger charge is 2.31. The van der Waals surface area contributed by atoms with Gasteiger partial charge < -0.3 is 25.0 Å². The molecule has 0 atom stereocenters. The number of nitriles is 1. The van der Waals surface area contributed by atoms with Crippen molar-refractivity contribution in [1.82, 2.24) is 25.5 Å². The maximum absolute atomic E-state index is 13.7. The molecule has 5 heterocycles. The number of carbonyl (C=O) groups is 3. The summed E-state index contributed by atoms with van der Waals surface area (Å²) in [7, 11) is 0. The minimum atomic E-state index is -0.411. The van der Waals surface area contributed by atoms with E-state index in [4.69, 9.17) is 9.47 Å². The normalized spacial score (nSPS) is 20.0. The van der Waals surface area contributed by atoms with Crippen molar-refractivity contribution >= 4 is 45.7 Å². The molecule has 54 heavy (non-hydrogen) atoms. The van der Waals surface area contributed by atoms with Crippen molar-refractivity contribution in [3.05, 3.63) is 66.1 Å². The molecule has 0 unspecified atom stereocenters. The fourth-order valence-electron chi connectivity index (χ4n) is 7.94. The van der Waals surface area contributed by atoms with Gasteiger partial charge in [0.25, 0.3) is 11.8 Å². The van der Waals surface area contributed by atoms with Crippen LogP contribution >= 0.6 is 0 Å². The second kappa shape index (κ2) is 14.8. The number of nitrogens with one attached hydrogen (secondary N) is 3. The molecular formula is C40H43N9O5. The van der Waals surface area contributed by atoms with Gasteiger partial charge in [-0.25, -0.2) is 9.78 Å². The zero-order valence-corrected chi connectivity index (χ0v) is 30.4. The summed E-state index contributed by atoms with van der Waals surface area (Å²) in [6.45, 7) is 9.02. The molecule has 0 spiro atoms. The number of piperazine rings is 1. The molecule has 2 saturated heterocycles. The van der Waals surface area contributed by atoms with Crippen molar-refractivity contribution in [3.63, 3.8) is 0 Å². The van der Waals surface area contributed by atoms with E-state index in [0.717, 1.165) is 74.9 Å². The first-order valence-electron chi connectivity index (χ1n) is 18.7. The third kappa shape index (κ3) is 7.06. The van der Waals surface area contributed by atoms with Gasteiger partial charge in [0, 0.05) is 92.7 Å². The maximum Gasteiger partial charge on any atom is 0.328 e. The van der Waals surface area contributed by atoms with Gasteiger partial charge in [0.1, 0.15) is 0 Å². The predicted molar refractivity (Wildman–Crippen MR) is 203 cm³/mol. The monoisotopic (exact) mass is 729 g/mol. The van der Waals surface area contributed by atoms with Crippen LogP contribution in [-0.4, -0.2) is 84.1 Å². The van der Waals surface area contributed by atoms with E-state index in [1.165, 1.54) is 6.20 Å². The van der Waals surface area contributed by atoms with Crippen LogP contribution in [0.25, 0.3) is 10.8 Å². The number of pyridine rings is 2. The first kappa shape index (κ1) is 35.1. The molecule has 3 fully saturated rings. The van der Waals surface area contributed by atoms with Crippen molar-refractivity contribution in [3.8, 4) is 29.2 Å². The lowest BCUT2D eigenvalue weighted by atomic mass is 9.85. The second-order valence-corrected chi connectivity index (χ2v) is 14.7. The van der Waals surface area contributed by atoms with E-state index in [0.29, 0.717) is 52.2 Å². The summed E-state index contributed by atoms with van der Waals surface area (Å²) in [5.41, 5.74) is 3.19. The Hall–Kier alpha value is -5.94. The molecule has 14 nitrogen and oxygen atoms in total. The highest BCUT2D eigenvalue weighted by Crippen LogP contribution is 2.49. The van der Waals surface area contributed by atoms with Crippen LogP contribution in [0, 0.1) is 17.2 Å². The van der Waals surface area contributed by atoms with Crippen molar-refractivity contribution in [2.45, 2.75) is 58.0 Å². The van der Waals surface area contributed by atoms with E-state index in [1.807, 2.05) is 32.2 Å². The quantitative estimate of drug-likeness (QED) is 0.177. The highest BCUT2D eigenvalue weighted by atomic mass is 16.6. The van der Waals surface area contributed by atoms with Gasteiger partial charge in [-0.15, -0.1) is 0 Å². The zero-order chi connectivity index (χ0) is 37.3. The van der Waals surface area contributed by atoms with E-state index in [1.54, 1.807) is 29.3 Å². The average molecular weight is 730 g/mol. The fourth-order valence-corrected chi connectivity index (χ4v) is 7.94. The molecular weight excluding hydrogens is 686 g/mol. The summed E-state index contributed by atoms with van der Waals surface area (Å²) in [5.74, 6) is 1.56. The second-order valence-electron chi connectivity index (χ2n) is 14.7. The number of ether oxygens (including phenoxy) is 2. The number of benzene rings is 2. The van der Waals surface area contributed by atoms with Crippen LogP contribution in [0.3, 0.4) is 0 Å². The van der Waals surface area contributed by atoms with Crippen LogP contribution in [0.15, 0.2) is 55.0 Å². The lowest BCUT2D eigenvalue weighted by molar-refractivity contribution is -0.120. The van der Waals surface area contributed by atoms with Gasteiger partial charge in [-0.2, -0.15) is 5.26 Å². The van der Waals surface area contributed by atoms with Gasteiger partial charge in [0.05, 0.1) is 34.8 Å². The Bertz CT molecular complexity index is 2150. The number of aromatic nitrogens is 2. The minimum Gasteiger partial charge on any atom is -0.445 e. The van der Waals surface area contributed by atoms with Crippen molar-refractivity contribution in [2.75, 3.05) is 54.4 Å². The van der Waals surface area contributed by atoms with Crippen LogP contribution in [0.5, 0.6) is 23.1 Å². The minimum absolute atomic E-state index is 0.0198. The van der Waals surface area contributed by atoms with Crippen LogP contribution in [0.4, 0.5) is 21.9 Å². The Morgan fingerprint density at radius 1 is 0.963 bits per heavy atom. The molecule has 0 bridgehead atoms. The number of amides is 4. The van der Waals surface area contributed by atoms with E-state index in [9.17, 15) is 19.6 Å². The van der Waals surface area contributed by atoms with Crippen molar-refractivity contribution in [2.24, 2.45) is 5.92 Å². The predicted octanol–water partition coefficient (Wildman–Crippen LogP) is 5.78. The highest BCUT2D eigenvalue weighted by molar-refractivity contribution is 6.11. The summed E-state index contributed by atoms with van der Waals surface area (Å²) in [5, 5.41) is 20.3. The summed E-state index contributed by atoms with van der Waals surface area (Å²) in [6, 6.07) is 12.9. The summed E-state index contributed by atoms with van der Waals surface area (Å²) in [4.78, 5) is 53.5. The molecule has 1 saturated carbocycles. The van der Waals surface area contributed by atoms with Crippen molar-refractivity contribution in [1.29, 1.82) is 5.26 Å². The number of anilines is 3. The third-order valence-electron chi connectivity index (χ3n) is 10.7. The topological polar surface area (TPSA) is 165 Å². The Morgan fingerprint density at radius 2 is 1.78 bits per heavy atom. The van der Waals surface area contributed by atoms with Crippen LogP contribution in [0.1, 0.15) is 61.9 Å². The number of hydrogen-bond donors (Lipinski definition) is 3. The van der Waals surface area contributed by atoms with Gasteiger partial charge in [0.15, 0.2) is 11.5 Å². The van der Waals surface area contributed by atoms with Crippen LogP contribution in [0.2, 0.25) is 0 Å². The number of urea groups is 1. The fraction of sp³-hybridized carbons (Fsp3) is 0.400. The summed E-state index contributed by atoms with van der Waals surface area (Å²) < 4.78 is 12.2. The number of carbonyl (C=O) groups excluding carboxylic acids is 3. The van der Waals surface area contributed by atoms with E-state index >= 15 is 0 Å². The van der Waals surface area contributed by atoms with Gasteiger partial charge in [-0.05, 0) is 63.6 Å². The average Bonchev–Trinajstić information content (AvgIpc) is 3.17. The molecule has 2 aromatic heterocycles. The SMILES string of the molecule is CC(C)Nc1c(C(=O)N[C@H]2CC[C@H](CN3CCN(c4cccc5c(N6CCC(=O)NC6=O)cncc45)CC3)CC2)cnc2c1Oc1ccc(C#N)cc1O2. The van der Waals surface area contributed by atoms with Gasteiger partial charge in [0.2, 0.25) is 11.7 Å². The molecule has 14 heteroatoms. The number of rotatable bonds is 8. The summed E-state index contributed by atoms with van der Waals surface area (Å²) in [6.07, 6.45) is 9.24. The van der Waals surface area contributed by atoms with Gasteiger partial charge in [-0.3, -0.25) is 29.7 Å². The molecule has 1 aliphatic carbocycles. The third-order valence-corrected chi connectivity index (χ3v) is 10.7. The lowest BCUT2D eigenvalue weighted by Crippen LogP contribution is -2.49. The van der Waals surface area contributed by atoms with Crippen molar-refractivity contribution < 1.29 is 23.9 Å². The number of imide groups is 1. The summed E-state index contributed by atoms with van der Waals surface area (Å²) >= 11 is 0. The molecule has 278 valence electrons. The lowest BCUT2D eigenvalue weighted by Gasteiger charge is -2.39. The number of nitrogens with zero attached hydrogens (tertiary/aromatic N) is 6. The van der Waals surface area contributed by atoms with Gasteiger partial charge >= 0.3 is 6.03 Å². The Kier molecular flexibility index (Phi) is 9.64. The van der Waals surface area contributed by atoms with E-state index in [-0.39, 0.29) is 36.2 Å².